The SMILES string of the molecule is COc1ccc(S(=O)(=O)NCC(C)C)c([N+](=O)[O-])c1. The maximum Gasteiger partial charge on any atom is 0.293 e. The molecule has 1 rings (SSSR count). The molecular formula is C11H16N2O5S. The molecule has 0 fully saturated rings. The number of ether oxygens (including phenoxy) is 1. The topological polar surface area (TPSA) is 98.5 Å². The Morgan fingerprint density at radius 2 is 2.05 bits per heavy atom. The number of rotatable bonds is 6. The minimum atomic E-state index is -3.90. The van der Waals surface area contributed by atoms with Crippen molar-refractivity contribution in [1.29, 1.82) is 0 Å². The summed E-state index contributed by atoms with van der Waals surface area (Å²) in [7, 11) is -2.55. The smallest absolute Gasteiger partial charge is 0.293 e. The predicted molar refractivity (Wildman–Crippen MR) is 69.7 cm³/mol. The van der Waals surface area contributed by atoms with Crippen molar-refractivity contribution >= 4 is 15.7 Å². The molecule has 0 radical (unpaired) electrons. The van der Waals surface area contributed by atoms with Crippen LogP contribution >= 0.6 is 0 Å². The van der Waals surface area contributed by atoms with E-state index in [0.717, 1.165) is 6.07 Å². The fourth-order valence-electron chi connectivity index (χ4n) is 1.35. The average molecular weight is 288 g/mol. The molecule has 8 heteroatoms. The van der Waals surface area contributed by atoms with Crippen molar-refractivity contribution in [3.63, 3.8) is 0 Å². The van der Waals surface area contributed by atoms with Crippen molar-refractivity contribution in [2.24, 2.45) is 5.92 Å². The largest absolute Gasteiger partial charge is 0.497 e. The van der Waals surface area contributed by atoms with E-state index < -0.39 is 20.6 Å². The number of sulfonamides is 1. The molecule has 0 aliphatic carbocycles. The standard InChI is InChI=1S/C11H16N2O5S/c1-8(2)7-12-19(16,17)11-5-4-9(18-3)6-10(11)13(14)15/h4-6,8,12H,7H2,1-3H3. The quantitative estimate of drug-likeness (QED) is 0.632. The lowest BCUT2D eigenvalue weighted by Gasteiger charge is -2.09. The number of nitro groups is 1. The molecule has 0 atom stereocenters. The lowest BCUT2D eigenvalue weighted by molar-refractivity contribution is -0.387. The summed E-state index contributed by atoms with van der Waals surface area (Å²) in [4.78, 5) is 9.83. The number of nitrogens with zero attached hydrogens (tertiary/aromatic N) is 1. The third-order valence-corrected chi connectivity index (χ3v) is 3.80. The van der Waals surface area contributed by atoms with E-state index in [9.17, 15) is 18.5 Å². The Bertz CT molecular complexity index is 568. The highest BCUT2D eigenvalue weighted by atomic mass is 32.2. The molecule has 106 valence electrons. The Morgan fingerprint density at radius 1 is 1.42 bits per heavy atom. The number of hydrogen-bond donors (Lipinski definition) is 1. The first kappa shape index (κ1) is 15.4. The maximum absolute atomic E-state index is 12.0. The van der Waals surface area contributed by atoms with E-state index in [1.165, 1.54) is 19.2 Å². The van der Waals surface area contributed by atoms with Gasteiger partial charge in [-0.05, 0) is 18.1 Å². The monoisotopic (exact) mass is 288 g/mol. The van der Waals surface area contributed by atoms with Crippen LogP contribution in [0.5, 0.6) is 5.75 Å². The zero-order chi connectivity index (χ0) is 14.6. The first-order chi connectivity index (χ1) is 8.77. The molecule has 0 unspecified atom stereocenters. The fraction of sp³-hybridized carbons (Fsp3) is 0.455. The predicted octanol–water partition coefficient (Wildman–Crippen LogP) is 1.54. The fourth-order valence-corrected chi connectivity index (χ4v) is 2.71. The van der Waals surface area contributed by atoms with Crippen molar-refractivity contribution in [3.8, 4) is 5.75 Å². The van der Waals surface area contributed by atoms with Crippen LogP contribution in [-0.4, -0.2) is 27.0 Å². The Labute approximate surface area is 111 Å². The molecule has 0 spiro atoms. The maximum atomic E-state index is 12.0. The summed E-state index contributed by atoms with van der Waals surface area (Å²) < 4.78 is 31.2. The number of hydrogen-bond acceptors (Lipinski definition) is 5. The minimum absolute atomic E-state index is 0.104. The van der Waals surface area contributed by atoms with Gasteiger partial charge in [-0.25, -0.2) is 13.1 Å². The molecule has 0 aliphatic heterocycles. The molecule has 0 heterocycles. The van der Waals surface area contributed by atoms with E-state index >= 15 is 0 Å². The molecular weight excluding hydrogens is 272 g/mol. The van der Waals surface area contributed by atoms with Gasteiger partial charge in [0.15, 0.2) is 4.90 Å². The first-order valence-corrected chi connectivity index (χ1v) is 7.08. The van der Waals surface area contributed by atoms with Gasteiger partial charge in [0.05, 0.1) is 18.1 Å². The van der Waals surface area contributed by atoms with Gasteiger partial charge in [0.2, 0.25) is 10.0 Å². The lowest BCUT2D eigenvalue weighted by Crippen LogP contribution is -2.28. The van der Waals surface area contributed by atoms with Crippen molar-refractivity contribution in [2.75, 3.05) is 13.7 Å². The third kappa shape index (κ3) is 3.90. The van der Waals surface area contributed by atoms with Crippen LogP contribution in [0.25, 0.3) is 0 Å². The average Bonchev–Trinajstić information content (AvgIpc) is 2.35. The molecule has 0 bridgehead atoms. The van der Waals surface area contributed by atoms with Crippen LogP contribution in [0.1, 0.15) is 13.8 Å². The van der Waals surface area contributed by atoms with Crippen LogP contribution in [0.2, 0.25) is 0 Å². The summed E-state index contributed by atoms with van der Waals surface area (Å²) in [6.45, 7) is 3.89. The lowest BCUT2D eigenvalue weighted by atomic mass is 10.2. The van der Waals surface area contributed by atoms with Gasteiger partial charge in [0, 0.05) is 6.54 Å². The Hall–Kier alpha value is -1.67. The van der Waals surface area contributed by atoms with Crippen molar-refractivity contribution < 1.29 is 18.1 Å². The van der Waals surface area contributed by atoms with E-state index in [4.69, 9.17) is 4.74 Å². The summed E-state index contributed by atoms with van der Waals surface area (Å²) in [6, 6.07) is 3.63. The molecule has 1 aromatic carbocycles. The second kappa shape index (κ2) is 5.98. The molecule has 7 nitrogen and oxygen atoms in total. The molecule has 0 aliphatic rings. The third-order valence-electron chi connectivity index (χ3n) is 2.33. The zero-order valence-electron chi connectivity index (χ0n) is 10.9. The van der Waals surface area contributed by atoms with Crippen LogP contribution in [0.4, 0.5) is 5.69 Å². The van der Waals surface area contributed by atoms with Crippen LogP contribution in [0.3, 0.4) is 0 Å². The van der Waals surface area contributed by atoms with Crippen molar-refractivity contribution in [3.05, 3.63) is 28.3 Å². The molecule has 0 amide bonds. The van der Waals surface area contributed by atoms with Crippen molar-refractivity contribution in [1.82, 2.24) is 4.72 Å². The van der Waals surface area contributed by atoms with Gasteiger partial charge in [-0.1, -0.05) is 13.8 Å². The zero-order valence-corrected chi connectivity index (χ0v) is 11.7. The van der Waals surface area contributed by atoms with E-state index in [2.05, 4.69) is 4.72 Å². The number of nitro benzene ring substituents is 1. The Kier molecular flexibility index (Phi) is 4.84. The van der Waals surface area contributed by atoms with Gasteiger partial charge in [0.25, 0.3) is 5.69 Å². The molecule has 0 saturated carbocycles. The highest BCUT2D eigenvalue weighted by molar-refractivity contribution is 7.89. The normalized spacial score (nSPS) is 11.6. The molecule has 19 heavy (non-hydrogen) atoms. The van der Waals surface area contributed by atoms with E-state index in [1.807, 2.05) is 13.8 Å². The van der Waals surface area contributed by atoms with Crippen LogP contribution in [-0.2, 0) is 10.0 Å². The number of benzene rings is 1. The molecule has 1 N–H and O–H groups in total. The summed E-state index contributed by atoms with van der Waals surface area (Å²) >= 11 is 0. The molecule has 0 aromatic heterocycles. The van der Waals surface area contributed by atoms with Gasteiger partial charge >= 0.3 is 0 Å². The minimum Gasteiger partial charge on any atom is -0.497 e. The van der Waals surface area contributed by atoms with Gasteiger partial charge in [0.1, 0.15) is 5.75 Å². The van der Waals surface area contributed by atoms with E-state index in [0.29, 0.717) is 0 Å². The second-order valence-corrected chi connectivity index (χ2v) is 6.07. The summed E-state index contributed by atoms with van der Waals surface area (Å²) in [5.41, 5.74) is -0.504. The summed E-state index contributed by atoms with van der Waals surface area (Å²) in [5.74, 6) is 0.335. The van der Waals surface area contributed by atoms with Gasteiger partial charge < -0.3 is 4.74 Å². The highest BCUT2D eigenvalue weighted by Gasteiger charge is 2.26. The Morgan fingerprint density at radius 3 is 2.53 bits per heavy atom. The van der Waals surface area contributed by atoms with Gasteiger partial charge in [-0.15, -0.1) is 0 Å². The Balaban J connectivity index is 3.22. The summed E-state index contributed by atoms with van der Waals surface area (Å²) in [6.07, 6.45) is 0. The molecule has 1 aromatic rings. The van der Waals surface area contributed by atoms with E-state index in [1.54, 1.807) is 0 Å². The van der Waals surface area contributed by atoms with Gasteiger partial charge in [-0.2, -0.15) is 0 Å². The van der Waals surface area contributed by atoms with Crippen LogP contribution in [0, 0.1) is 16.0 Å². The number of methoxy groups -OCH3 is 1. The molecule has 0 saturated heterocycles. The van der Waals surface area contributed by atoms with Gasteiger partial charge in [-0.3, -0.25) is 10.1 Å². The van der Waals surface area contributed by atoms with Crippen LogP contribution < -0.4 is 9.46 Å². The highest BCUT2D eigenvalue weighted by Crippen LogP contribution is 2.28. The summed E-state index contributed by atoms with van der Waals surface area (Å²) in [5, 5.41) is 10.9. The second-order valence-electron chi connectivity index (χ2n) is 4.34. The first-order valence-electron chi connectivity index (χ1n) is 5.60. The van der Waals surface area contributed by atoms with Crippen molar-refractivity contribution in [2.45, 2.75) is 18.7 Å². The van der Waals surface area contributed by atoms with Crippen LogP contribution in [0.15, 0.2) is 23.1 Å². The van der Waals surface area contributed by atoms with E-state index in [-0.39, 0.29) is 23.1 Å². The number of nitrogens with one attached hydrogen (secondary N) is 1.